The summed E-state index contributed by atoms with van der Waals surface area (Å²) < 4.78 is 14.2. The average molecular weight is 489 g/mol. The van der Waals surface area contributed by atoms with Crippen LogP contribution in [0.3, 0.4) is 0 Å². The van der Waals surface area contributed by atoms with Crippen LogP contribution in [0.2, 0.25) is 5.02 Å². The van der Waals surface area contributed by atoms with E-state index in [9.17, 15) is 19.1 Å². The lowest BCUT2D eigenvalue weighted by molar-refractivity contribution is -0.148. The number of hydrogen-bond acceptors (Lipinski definition) is 5. The number of aliphatic hydroxyl groups excluding tert-OH is 1. The maximum absolute atomic E-state index is 14.2. The van der Waals surface area contributed by atoms with Gasteiger partial charge in [-0.05, 0) is 48.2 Å². The number of carboxylic acid groups (broad SMARTS) is 1. The summed E-state index contributed by atoms with van der Waals surface area (Å²) in [4.78, 5) is 23.8. The predicted molar refractivity (Wildman–Crippen MR) is 126 cm³/mol. The number of aromatic nitrogens is 2. The summed E-state index contributed by atoms with van der Waals surface area (Å²) in [6.45, 7) is 1.82. The van der Waals surface area contributed by atoms with Crippen molar-refractivity contribution in [1.29, 1.82) is 0 Å². The summed E-state index contributed by atoms with van der Waals surface area (Å²) in [5.41, 5.74) is 5.28. The highest BCUT2D eigenvalue weighted by Gasteiger charge is 2.21. The van der Waals surface area contributed by atoms with Gasteiger partial charge in [0.2, 0.25) is 0 Å². The molecule has 0 fully saturated rings. The van der Waals surface area contributed by atoms with Gasteiger partial charge in [0, 0.05) is 17.1 Å². The molecule has 0 aliphatic rings. The molecule has 1 heterocycles. The summed E-state index contributed by atoms with van der Waals surface area (Å²) in [6, 6.07) is 12.8. The number of hydrazine groups is 1. The molecular weight excluding hydrogens is 463 g/mol. The number of aromatic amines is 1. The zero-order valence-corrected chi connectivity index (χ0v) is 19.3. The van der Waals surface area contributed by atoms with Gasteiger partial charge in [-0.25, -0.2) is 14.2 Å². The maximum atomic E-state index is 14.2. The first-order valence-electron chi connectivity index (χ1n) is 10.8. The molecule has 1 atom stereocenters. The molecule has 10 heteroatoms. The molecule has 0 unspecified atom stereocenters. The minimum atomic E-state index is -1.71. The largest absolute Gasteiger partial charge is 0.479 e. The van der Waals surface area contributed by atoms with E-state index in [1.54, 1.807) is 30.3 Å². The number of carboxylic acids is 1. The Hall–Kier alpha value is -3.27. The van der Waals surface area contributed by atoms with Crippen LogP contribution < -0.4 is 5.43 Å². The highest BCUT2D eigenvalue weighted by atomic mass is 35.5. The molecule has 1 amide bonds. The lowest BCUT2D eigenvalue weighted by atomic mass is 10.0. The Bertz CT molecular complexity index is 1140. The standard InChI is InChI=1S/C24H26ClFN4O4/c1-2-3-4-18-12-21(28-27-18)23(32)29-30(14-22(31)24(33)34)13-15-5-7-16(8-6-15)19-11-17(25)9-10-20(19)26/h5-12,22,31H,2-4,13-14H2,1H3,(H,27,28)(H,29,32)(H,33,34)/t22-/m1/s1. The Morgan fingerprint density at radius 2 is 1.94 bits per heavy atom. The molecule has 2 aromatic carbocycles. The highest BCUT2D eigenvalue weighted by molar-refractivity contribution is 6.30. The highest BCUT2D eigenvalue weighted by Crippen LogP contribution is 2.26. The topological polar surface area (TPSA) is 119 Å². The first kappa shape index (κ1) is 25.4. The minimum absolute atomic E-state index is 0.102. The smallest absolute Gasteiger partial charge is 0.333 e. The van der Waals surface area contributed by atoms with Crippen LogP contribution in [0.25, 0.3) is 11.1 Å². The number of halogens is 2. The molecule has 180 valence electrons. The second-order valence-corrected chi connectivity index (χ2v) is 8.31. The number of benzene rings is 2. The molecule has 34 heavy (non-hydrogen) atoms. The number of unbranched alkanes of at least 4 members (excludes halogenated alkanes) is 1. The van der Waals surface area contributed by atoms with Gasteiger partial charge in [-0.15, -0.1) is 0 Å². The average Bonchev–Trinajstić information content (AvgIpc) is 3.29. The van der Waals surface area contributed by atoms with E-state index >= 15 is 0 Å². The van der Waals surface area contributed by atoms with E-state index in [2.05, 4.69) is 22.5 Å². The normalized spacial score (nSPS) is 12.0. The molecule has 0 spiro atoms. The number of amides is 1. The van der Waals surface area contributed by atoms with E-state index in [1.807, 2.05) is 0 Å². The Morgan fingerprint density at radius 3 is 2.62 bits per heavy atom. The predicted octanol–water partition coefficient (Wildman–Crippen LogP) is 3.80. The monoisotopic (exact) mass is 488 g/mol. The Kier molecular flexibility index (Phi) is 8.75. The van der Waals surface area contributed by atoms with Crippen LogP contribution in [0.4, 0.5) is 4.39 Å². The number of rotatable bonds is 11. The second-order valence-electron chi connectivity index (χ2n) is 7.87. The van der Waals surface area contributed by atoms with Gasteiger partial charge in [-0.2, -0.15) is 5.10 Å². The molecule has 3 aromatic rings. The van der Waals surface area contributed by atoms with Crippen molar-refractivity contribution in [3.63, 3.8) is 0 Å². The van der Waals surface area contributed by atoms with Crippen molar-refractivity contribution in [2.24, 2.45) is 0 Å². The van der Waals surface area contributed by atoms with Crippen molar-refractivity contribution >= 4 is 23.5 Å². The SMILES string of the molecule is CCCCc1cc(C(=O)NN(Cc2ccc(-c3cc(Cl)ccc3F)cc2)C[C@@H](O)C(=O)O)[nH]n1. The van der Waals surface area contributed by atoms with Crippen LogP contribution in [-0.2, 0) is 17.8 Å². The summed E-state index contributed by atoms with van der Waals surface area (Å²) in [5, 5.41) is 27.5. The number of aryl methyl sites for hydroxylation is 1. The van der Waals surface area contributed by atoms with Gasteiger partial charge in [0.05, 0.1) is 12.2 Å². The van der Waals surface area contributed by atoms with Gasteiger partial charge in [0.25, 0.3) is 5.91 Å². The van der Waals surface area contributed by atoms with Crippen molar-refractivity contribution in [2.45, 2.75) is 38.8 Å². The second kappa shape index (κ2) is 11.7. The Balaban J connectivity index is 1.74. The summed E-state index contributed by atoms with van der Waals surface area (Å²) in [7, 11) is 0. The molecule has 0 aliphatic carbocycles. The van der Waals surface area contributed by atoms with Crippen LogP contribution in [0.15, 0.2) is 48.5 Å². The number of aliphatic carboxylic acids is 1. The number of nitrogens with zero attached hydrogens (tertiary/aromatic N) is 2. The molecule has 0 saturated carbocycles. The quantitative estimate of drug-likeness (QED) is 0.305. The fourth-order valence-electron chi connectivity index (χ4n) is 3.33. The van der Waals surface area contributed by atoms with E-state index in [4.69, 9.17) is 16.7 Å². The molecule has 0 bridgehead atoms. The summed E-state index contributed by atoms with van der Waals surface area (Å²) >= 11 is 5.97. The fourth-order valence-corrected chi connectivity index (χ4v) is 3.51. The molecule has 1 aromatic heterocycles. The zero-order valence-electron chi connectivity index (χ0n) is 18.6. The van der Waals surface area contributed by atoms with Crippen LogP contribution in [0, 0.1) is 5.82 Å². The van der Waals surface area contributed by atoms with E-state index in [0.717, 1.165) is 25.0 Å². The van der Waals surface area contributed by atoms with Gasteiger partial charge >= 0.3 is 5.97 Å². The van der Waals surface area contributed by atoms with Gasteiger partial charge in [0.1, 0.15) is 11.5 Å². The lowest BCUT2D eigenvalue weighted by Gasteiger charge is -2.24. The fraction of sp³-hybridized carbons (Fsp3) is 0.292. The zero-order chi connectivity index (χ0) is 24.7. The van der Waals surface area contributed by atoms with Crippen molar-refractivity contribution in [2.75, 3.05) is 6.54 Å². The Labute approximate surface area is 201 Å². The van der Waals surface area contributed by atoms with Gasteiger partial charge < -0.3 is 10.2 Å². The van der Waals surface area contributed by atoms with Crippen LogP contribution >= 0.6 is 11.6 Å². The number of nitrogens with one attached hydrogen (secondary N) is 2. The summed E-state index contributed by atoms with van der Waals surface area (Å²) in [6.07, 6.45) is 0.971. The molecule has 0 aliphatic heterocycles. The van der Waals surface area contributed by atoms with Crippen LogP contribution in [-0.4, -0.2) is 49.9 Å². The van der Waals surface area contributed by atoms with E-state index < -0.39 is 23.8 Å². The van der Waals surface area contributed by atoms with Crippen molar-refractivity contribution in [3.05, 3.63) is 76.3 Å². The number of carbonyl (C=O) groups is 2. The number of aliphatic hydroxyl groups is 1. The van der Waals surface area contributed by atoms with Gasteiger partial charge in [-0.3, -0.25) is 15.3 Å². The minimum Gasteiger partial charge on any atom is -0.479 e. The molecular formula is C24H26ClFN4O4. The van der Waals surface area contributed by atoms with Gasteiger partial charge in [0.15, 0.2) is 6.10 Å². The maximum Gasteiger partial charge on any atom is 0.333 e. The lowest BCUT2D eigenvalue weighted by Crippen LogP contribution is -2.47. The molecule has 3 rings (SSSR count). The third-order valence-electron chi connectivity index (χ3n) is 5.17. The number of hydrogen-bond donors (Lipinski definition) is 4. The number of carbonyl (C=O) groups excluding carboxylic acids is 1. The number of H-pyrrole nitrogens is 1. The Morgan fingerprint density at radius 1 is 1.21 bits per heavy atom. The molecule has 0 saturated heterocycles. The van der Waals surface area contributed by atoms with Gasteiger partial charge in [-0.1, -0.05) is 49.2 Å². The van der Waals surface area contributed by atoms with Crippen molar-refractivity contribution in [1.82, 2.24) is 20.6 Å². The molecule has 0 radical (unpaired) electrons. The first-order valence-corrected chi connectivity index (χ1v) is 11.2. The van der Waals surface area contributed by atoms with Crippen molar-refractivity contribution in [3.8, 4) is 11.1 Å². The third-order valence-corrected chi connectivity index (χ3v) is 5.40. The van der Waals surface area contributed by atoms with Crippen LogP contribution in [0.1, 0.15) is 41.5 Å². The van der Waals surface area contributed by atoms with E-state index in [0.29, 0.717) is 21.7 Å². The van der Waals surface area contributed by atoms with Crippen molar-refractivity contribution < 1.29 is 24.2 Å². The third kappa shape index (κ3) is 6.86. The first-order chi connectivity index (χ1) is 16.3. The van der Waals surface area contributed by atoms with Crippen LogP contribution in [0.5, 0.6) is 0 Å². The van der Waals surface area contributed by atoms with E-state index in [-0.39, 0.29) is 18.8 Å². The molecule has 8 nitrogen and oxygen atoms in total. The summed E-state index contributed by atoms with van der Waals surface area (Å²) in [5.74, 6) is -2.33. The van der Waals surface area contributed by atoms with E-state index in [1.165, 1.54) is 23.2 Å². The molecule has 4 N–H and O–H groups in total.